The van der Waals surface area contributed by atoms with Crippen molar-refractivity contribution in [3.63, 3.8) is 0 Å². The number of hydrogen-bond acceptors (Lipinski definition) is 6. The van der Waals surface area contributed by atoms with Crippen LogP contribution in [0.3, 0.4) is 0 Å². The molecule has 29 heavy (non-hydrogen) atoms. The number of benzene rings is 1. The van der Waals surface area contributed by atoms with Crippen molar-refractivity contribution in [3.05, 3.63) is 50.9 Å². The van der Waals surface area contributed by atoms with Gasteiger partial charge in [-0.15, -0.1) is 5.10 Å². The lowest BCUT2D eigenvalue weighted by Gasteiger charge is -2.36. The van der Waals surface area contributed by atoms with Crippen LogP contribution in [0.25, 0.3) is 0 Å². The molecule has 2 heterocycles. The van der Waals surface area contributed by atoms with Gasteiger partial charge in [0.15, 0.2) is 0 Å². The third kappa shape index (κ3) is 4.48. The lowest BCUT2D eigenvalue weighted by atomic mass is 10.1. The fourth-order valence-corrected chi connectivity index (χ4v) is 3.47. The standard InChI is InChI=1S/C18H21ClFN5O4/c1-12(24-11-16(25(27)28)17(21-24)29-2)18(26)23-8-6-22(7-9-23)10-13-14(19)4-3-5-15(13)20/h3-5,11-12H,6-10H2,1-2H3. The number of ether oxygens (including phenoxy) is 1. The average molecular weight is 426 g/mol. The molecule has 0 aliphatic carbocycles. The van der Waals surface area contributed by atoms with E-state index in [9.17, 15) is 19.3 Å². The first-order chi connectivity index (χ1) is 13.8. The molecular formula is C18H21ClFN5O4. The Morgan fingerprint density at radius 1 is 1.38 bits per heavy atom. The van der Waals surface area contributed by atoms with Gasteiger partial charge >= 0.3 is 11.6 Å². The zero-order valence-corrected chi connectivity index (χ0v) is 16.8. The zero-order chi connectivity index (χ0) is 21.1. The summed E-state index contributed by atoms with van der Waals surface area (Å²) in [6.45, 7) is 4.03. The molecule has 1 aliphatic heterocycles. The molecule has 9 nitrogen and oxygen atoms in total. The van der Waals surface area contributed by atoms with E-state index >= 15 is 0 Å². The molecule has 1 atom stereocenters. The van der Waals surface area contributed by atoms with E-state index in [1.165, 1.54) is 24.1 Å². The van der Waals surface area contributed by atoms with Gasteiger partial charge in [0, 0.05) is 43.3 Å². The maximum absolute atomic E-state index is 14.0. The van der Waals surface area contributed by atoms with Crippen molar-refractivity contribution in [1.29, 1.82) is 0 Å². The number of amides is 1. The summed E-state index contributed by atoms with van der Waals surface area (Å²) in [5, 5.41) is 15.4. The van der Waals surface area contributed by atoms with E-state index in [0.29, 0.717) is 43.3 Å². The Morgan fingerprint density at radius 2 is 2.07 bits per heavy atom. The third-order valence-electron chi connectivity index (χ3n) is 4.95. The Bertz CT molecular complexity index is 893. The molecule has 1 saturated heterocycles. The van der Waals surface area contributed by atoms with Gasteiger partial charge in [0.1, 0.15) is 18.1 Å². The maximum atomic E-state index is 14.0. The number of halogens is 2. The van der Waals surface area contributed by atoms with Crippen LogP contribution in [0, 0.1) is 15.9 Å². The first-order valence-electron chi connectivity index (χ1n) is 9.03. The number of nitrogens with zero attached hydrogens (tertiary/aromatic N) is 5. The van der Waals surface area contributed by atoms with Crippen LogP contribution in [-0.4, -0.2) is 63.7 Å². The quantitative estimate of drug-likeness (QED) is 0.521. The van der Waals surface area contributed by atoms with Crippen LogP contribution >= 0.6 is 11.6 Å². The van der Waals surface area contributed by atoms with Crippen LogP contribution in [0.2, 0.25) is 5.02 Å². The zero-order valence-electron chi connectivity index (χ0n) is 16.0. The minimum Gasteiger partial charge on any atom is -0.475 e. The first-order valence-corrected chi connectivity index (χ1v) is 9.41. The van der Waals surface area contributed by atoms with E-state index in [1.54, 1.807) is 24.0 Å². The van der Waals surface area contributed by atoms with Gasteiger partial charge in [-0.1, -0.05) is 17.7 Å². The average Bonchev–Trinajstić information content (AvgIpc) is 3.15. The van der Waals surface area contributed by atoms with Crippen LogP contribution in [0.4, 0.5) is 10.1 Å². The Morgan fingerprint density at radius 3 is 2.62 bits per heavy atom. The molecule has 2 aromatic rings. The van der Waals surface area contributed by atoms with Gasteiger partial charge in [0.2, 0.25) is 5.91 Å². The molecule has 0 radical (unpaired) electrons. The van der Waals surface area contributed by atoms with Crippen molar-refractivity contribution >= 4 is 23.2 Å². The van der Waals surface area contributed by atoms with E-state index in [4.69, 9.17) is 16.3 Å². The summed E-state index contributed by atoms with van der Waals surface area (Å²) >= 11 is 6.09. The Balaban J connectivity index is 1.62. The Kier molecular flexibility index (Phi) is 6.33. The predicted molar refractivity (Wildman–Crippen MR) is 103 cm³/mol. The molecule has 1 amide bonds. The third-order valence-corrected chi connectivity index (χ3v) is 5.31. The number of aromatic nitrogens is 2. The molecule has 0 bridgehead atoms. The molecule has 11 heteroatoms. The van der Waals surface area contributed by atoms with Crippen molar-refractivity contribution in [3.8, 4) is 5.88 Å². The molecular weight excluding hydrogens is 405 g/mol. The van der Waals surface area contributed by atoms with Gasteiger partial charge in [-0.25, -0.2) is 9.07 Å². The minimum atomic E-state index is -0.717. The Hall–Kier alpha value is -2.72. The van der Waals surface area contributed by atoms with Crippen LogP contribution in [0.5, 0.6) is 5.88 Å². The molecule has 0 spiro atoms. The number of nitro groups is 1. The summed E-state index contributed by atoms with van der Waals surface area (Å²) in [7, 11) is 1.28. The number of piperazine rings is 1. The van der Waals surface area contributed by atoms with Crippen molar-refractivity contribution in [2.45, 2.75) is 19.5 Å². The summed E-state index contributed by atoms with van der Waals surface area (Å²) in [5.41, 5.74) is 0.150. The molecule has 1 unspecified atom stereocenters. The fraction of sp³-hybridized carbons (Fsp3) is 0.444. The topological polar surface area (TPSA) is 93.7 Å². The second-order valence-electron chi connectivity index (χ2n) is 6.74. The van der Waals surface area contributed by atoms with Crippen LogP contribution in [0.1, 0.15) is 18.5 Å². The highest BCUT2D eigenvalue weighted by molar-refractivity contribution is 6.31. The number of carbonyl (C=O) groups excluding carboxylic acids is 1. The SMILES string of the molecule is COc1nn(C(C)C(=O)N2CCN(Cc3c(F)cccc3Cl)CC2)cc1[N+](=O)[O-]. The predicted octanol–water partition coefficient (Wildman–Crippen LogP) is 2.50. The van der Waals surface area contributed by atoms with Gasteiger partial charge in [-0.2, -0.15) is 0 Å². The van der Waals surface area contributed by atoms with Crippen molar-refractivity contribution in [2.24, 2.45) is 0 Å². The molecule has 1 aromatic carbocycles. The molecule has 0 saturated carbocycles. The normalized spacial score (nSPS) is 15.9. The highest BCUT2D eigenvalue weighted by atomic mass is 35.5. The van der Waals surface area contributed by atoms with Gasteiger partial charge in [0.25, 0.3) is 0 Å². The van der Waals surface area contributed by atoms with E-state index in [0.717, 1.165) is 0 Å². The molecule has 156 valence electrons. The second-order valence-corrected chi connectivity index (χ2v) is 7.15. The molecule has 1 aromatic heterocycles. The maximum Gasteiger partial charge on any atom is 0.350 e. The molecule has 1 aliphatic rings. The number of carbonyl (C=O) groups is 1. The van der Waals surface area contributed by atoms with Gasteiger partial charge in [-0.3, -0.25) is 19.8 Å². The van der Waals surface area contributed by atoms with Gasteiger partial charge < -0.3 is 9.64 Å². The minimum absolute atomic E-state index is 0.138. The summed E-state index contributed by atoms with van der Waals surface area (Å²) in [4.78, 5) is 27.0. The van der Waals surface area contributed by atoms with Crippen LogP contribution in [0.15, 0.2) is 24.4 Å². The summed E-state index contributed by atoms with van der Waals surface area (Å²) in [6.07, 6.45) is 1.19. The monoisotopic (exact) mass is 425 g/mol. The van der Waals surface area contributed by atoms with Crippen molar-refractivity contribution in [1.82, 2.24) is 19.6 Å². The number of hydrogen-bond donors (Lipinski definition) is 0. The second kappa shape index (κ2) is 8.75. The first kappa shape index (κ1) is 21.0. The summed E-state index contributed by atoms with van der Waals surface area (Å²) in [5.74, 6) is -0.686. The van der Waals surface area contributed by atoms with E-state index in [-0.39, 0.29) is 23.3 Å². The van der Waals surface area contributed by atoms with E-state index < -0.39 is 11.0 Å². The Labute approximate surface area is 171 Å². The van der Waals surface area contributed by atoms with Crippen LogP contribution < -0.4 is 4.74 Å². The van der Waals surface area contributed by atoms with E-state index in [1.807, 2.05) is 4.90 Å². The smallest absolute Gasteiger partial charge is 0.350 e. The summed E-state index contributed by atoms with van der Waals surface area (Å²) < 4.78 is 20.1. The highest BCUT2D eigenvalue weighted by Crippen LogP contribution is 2.27. The molecule has 3 rings (SSSR count). The highest BCUT2D eigenvalue weighted by Gasteiger charge is 2.30. The molecule has 0 N–H and O–H groups in total. The van der Waals surface area contributed by atoms with Gasteiger partial charge in [0.05, 0.1) is 12.0 Å². The van der Waals surface area contributed by atoms with Crippen molar-refractivity contribution < 1.29 is 18.8 Å². The van der Waals surface area contributed by atoms with Gasteiger partial charge in [-0.05, 0) is 19.1 Å². The van der Waals surface area contributed by atoms with Crippen LogP contribution in [-0.2, 0) is 11.3 Å². The van der Waals surface area contributed by atoms with E-state index in [2.05, 4.69) is 5.10 Å². The fourth-order valence-electron chi connectivity index (χ4n) is 3.25. The lowest BCUT2D eigenvalue weighted by molar-refractivity contribution is -0.385. The molecule has 1 fully saturated rings. The lowest BCUT2D eigenvalue weighted by Crippen LogP contribution is -2.50. The van der Waals surface area contributed by atoms with Crippen molar-refractivity contribution in [2.75, 3.05) is 33.3 Å². The summed E-state index contributed by atoms with van der Waals surface area (Å²) in [6, 6.07) is 3.87. The largest absolute Gasteiger partial charge is 0.475 e. The number of rotatable bonds is 6. The number of methoxy groups -OCH3 is 1.